The first-order valence-corrected chi connectivity index (χ1v) is 4.46. The minimum atomic E-state index is -1.03. The van der Waals surface area contributed by atoms with Gasteiger partial charge in [-0.1, -0.05) is 6.07 Å². The molecule has 0 spiro atoms. The van der Waals surface area contributed by atoms with E-state index in [1.54, 1.807) is 25.1 Å². The van der Waals surface area contributed by atoms with Crippen LogP contribution in [-0.4, -0.2) is 15.5 Å². The summed E-state index contributed by atoms with van der Waals surface area (Å²) in [4.78, 5) is 22.5. The van der Waals surface area contributed by atoms with E-state index in [-0.39, 0.29) is 11.1 Å². The Labute approximate surface area is 85.4 Å². The summed E-state index contributed by atoms with van der Waals surface area (Å²) in [5, 5.41) is 8.95. The molecule has 0 fully saturated rings. The van der Waals surface area contributed by atoms with Crippen LogP contribution in [0.5, 0.6) is 0 Å². The maximum atomic E-state index is 11.5. The summed E-state index contributed by atoms with van der Waals surface area (Å²) in [6, 6.07) is 7.72. The van der Waals surface area contributed by atoms with Gasteiger partial charge in [0.15, 0.2) is 0 Å². The average Bonchev–Trinajstić information content (AvgIpc) is 2.17. The smallest absolute Gasteiger partial charge is 0.337 e. The molecular formula is C11H9NO3. The van der Waals surface area contributed by atoms with E-state index in [9.17, 15) is 9.59 Å². The van der Waals surface area contributed by atoms with Crippen LogP contribution in [0.4, 0.5) is 0 Å². The van der Waals surface area contributed by atoms with Gasteiger partial charge in [0, 0.05) is 11.8 Å². The average molecular weight is 203 g/mol. The summed E-state index contributed by atoms with van der Waals surface area (Å²) in [6.45, 7) is 1.76. The van der Waals surface area contributed by atoms with Gasteiger partial charge in [-0.05, 0) is 25.1 Å². The van der Waals surface area contributed by atoms with Gasteiger partial charge in [0.05, 0.1) is 11.1 Å². The van der Waals surface area contributed by atoms with E-state index in [1.807, 2.05) is 0 Å². The third-order valence-corrected chi connectivity index (χ3v) is 2.30. The standard InChI is InChI=1S/C11H9NO3/c1-7-3-2-4-9-8(11(14)15)5-6-10(13)12(7)9/h2-6H,1H3,(H,14,15). The number of nitrogens with zero attached hydrogens (tertiary/aromatic N) is 1. The minimum Gasteiger partial charge on any atom is -0.478 e. The summed E-state index contributed by atoms with van der Waals surface area (Å²) in [5.41, 5.74) is 1.07. The molecule has 2 heterocycles. The Morgan fingerprint density at radius 1 is 1.27 bits per heavy atom. The van der Waals surface area contributed by atoms with Crippen molar-refractivity contribution in [1.29, 1.82) is 0 Å². The molecule has 1 N–H and O–H groups in total. The molecule has 0 unspecified atom stereocenters. The monoisotopic (exact) mass is 203 g/mol. The second kappa shape index (κ2) is 3.24. The molecule has 4 heteroatoms. The highest BCUT2D eigenvalue weighted by Gasteiger charge is 2.09. The fourth-order valence-corrected chi connectivity index (χ4v) is 1.62. The molecule has 2 aromatic rings. The van der Waals surface area contributed by atoms with Gasteiger partial charge in [-0.3, -0.25) is 9.20 Å². The lowest BCUT2D eigenvalue weighted by molar-refractivity contribution is 0.0698. The summed E-state index contributed by atoms with van der Waals surface area (Å²) < 4.78 is 1.39. The number of carbonyl (C=O) groups is 1. The van der Waals surface area contributed by atoms with Crippen molar-refractivity contribution in [3.05, 3.63) is 51.9 Å². The normalized spacial score (nSPS) is 10.5. The quantitative estimate of drug-likeness (QED) is 0.760. The number of aromatic carboxylic acids is 1. The first-order valence-electron chi connectivity index (χ1n) is 4.46. The van der Waals surface area contributed by atoms with Crippen molar-refractivity contribution in [3.63, 3.8) is 0 Å². The van der Waals surface area contributed by atoms with Crippen LogP contribution in [0.2, 0.25) is 0 Å². The highest BCUT2D eigenvalue weighted by atomic mass is 16.4. The number of hydrogen-bond acceptors (Lipinski definition) is 2. The van der Waals surface area contributed by atoms with Crippen LogP contribution in [0.15, 0.2) is 35.1 Å². The zero-order chi connectivity index (χ0) is 11.0. The van der Waals surface area contributed by atoms with E-state index in [4.69, 9.17) is 5.11 Å². The number of carboxylic acids is 1. The molecule has 0 aliphatic carbocycles. The molecule has 0 aromatic carbocycles. The highest BCUT2D eigenvalue weighted by Crippen LogP contribution is 2.10. The number of aryl methyl sites for hydroxylation is 1. The molecule has 0 amide bonds. The van der Waals surface area contributed by atoms with Crippen LogP contribution in [-0.2, 0) is 0 Å². The third-order valence-electron chi connectivity index (χ3n) is 2.30. The van der Waals surface area contributed by atoms with Crippen molar-refractivity contribution >= 4 is 11.5 Å². The van der Waals surface area contributed by atoms with Crippen LogP contribution in [0, 0.1) is 6.92 Å². The van der Waals surface area contributed by atoms with Crippen molar-refractivity contribution in [2.24, 2.45) is 0 Å². The lowest BCUT2D eigenvalue weighted by Gasteiger charge is -2.06. The Hall–Kier alpha value is -2.10. The van der Waals surface area contributed by atoms with Gasteiger partial charge in [-0.2, -0.15) is 0 Å². The first-order chi connectivity index (χ1) is 7.11. The van der Waals surface area contributed by atoms with E-state index in [1.165, 1.54) is 16.5 Å². The van der Waals surface area contributed by atoms with Crippen LogP contribution in [0.1, 0.15) is 16.1 Å². The number of hydrogen-bond donors (Lipinski definition) is 1. The van der Waals surface area contributed by atoms with Crippen LogP contribution < -0.4 is 5.56 Å². The van der Waals surface area contributed by atoms with E-state index in [2.05, 4.69) is 0 Å². The topological polar surface area (TPSA) is 58.8 Å². The maximum Gasteiger partial charge on any atom is 0.337 e. The van der Waals surface area contributed by atoms with Gasteiger partial charge < -0.3 is 5.11 Å². The summed E-state index contributed by atoms with van der Waals surface area (Å²) >= 11 is 0. The van der Waals surface area contributed by atoms with Gasteiger partial charge in [0.2, 0.25) is 0 Å². The van der Waals surface area contributed by atoms with Crippen LogP contribution in [0.3, 0.4) is 0 Å². The van der Waals surface area contributed by atoms with Gasteiger partial charge in [0.1, 0.15) is 0 Å². The molecule has 2 aromatic heterocycles. The highest BCUT2D eigenvalue weighted by molar-refractivity contribution is 5.95. The largest absolute Gasteiger partial charge is 0.478 e. The zero-order valence-corrected chi connectivity index (χ0v) is 8.10. The van der Waals surface area contributed by atoms with Crippen molar-refractivity contribution in [3.8, 4) is 0 Å². The molecule has 0 atom stereocenters. The van der Waals surface area contributed by atoms with Gasteiger partial charge in [-0.15, -0.1) is 0 Å². The van der Waals surface area contributed by atoms with Gasteiger partial charge >= 0.3 is 5.97 Å². The van der Waals surface area contributed by atoms with Gasteiger partial charge in [0.25, 0.3) is 5.56 Å². The van der Waals surface area contributed by atoms with Crippen molar-refractivity contribution in [2.75, 3.05) is 0 Å². The van der Waals surface area contributed by atoms with E-state index in [0.29, 0.717) is 5.52 Å². The maximum absolute atomic E-state index is 11.5. The second-order valence-corrected chi connectivity index (χ2v) is 3.28. The second-order valence-electron chi connectivity index (χ2n) is 3.28. The molecule has 0 saturated carbocycles. The molecular weight excluding hydrogens is 194 g/mol. The van der Waals surface area contributed by atoms with Crippen molar-refractivity contribution < 1.29 is 9.90 Å². The van der Waals surface area contributed by atoms with Crippen molar-refractivity contribution in [2.45, 2.75) is 6.92 Å². The number of carboxylic acid groups (broad SMARTS) is 1. The fourth-order valence-electron chi connectivity index (χ4n) is 1.62. The lowest BCUT2D eigenvalue weighted by Crippen LogP contribution is -2.17. The molecule has 0 aliphatic heterocycles. The Kier molecular flexibility index (Phi) is 2.04. The summed E-state index contributed by atoms with van der Waals surface area (Å²) in [5.74, 6) is -1.03. The lowest BCUT2D eigenvalue weighted by atomic mass is 10.2. The summed E-state index contributed by atoms with van der Waals surface area (Å²) in [6.07, 6.45) is 0. The molecule has 15 heavy (non-hydrogen) atoms. The predicted molar refractivity (Wildman–Crippen MR) is 55.4 cm³/mol. The fraction of sp³-hybridized carbons (Fsp3) is 0.0909. The number of pyridine rings is 2. The third kappa shape index (κ3) is 1.40. The molecule has 0 radical (unpaired) electrons. The molecule has 0 aliphatic rings. The molecule has 4 nitrogen and oxygen atoms in total. The Morgan fingerprint density at radius 3 is 2.67 bits per heavy atom. The number of fused-ring (bicyclic) bond motifs is 1. The van der Waals surface area contributed by atoms with Gasteiger partial charge in [-0.25, -0.2) is 4.79 Å². The zero-order valence-electron chi connectivity index (χ0n) is 8.10. The van der Waals surface area contributed by atoms with E-state index >= 15 is 0 Å². The Balaban J connectivity index is 3.01. The molecule has 0 bridgehead atoms. The Morgan fingerprint density at radius 2 is 2.00 bits per heavy atom. The predicted octanol–water partition coefficient (Wildman–Crippen LogP) is 1.31. The van der Waals surface area contributed by atoms with Crippen LogP contribution >= 0.6 is 0 Å². The number of rotatable bonds is 1. The summed E-state index contributed by atoms with van der Waals surface area (Å²) in [7, 11) is 0. The van der Waals surface area contributed by atoms with Crippen molar-refractivity contribution in [1.82, 2.24) is 4.40 Å². The Bertz CT molecular complexity index is 598. The minimum absolute atomic E-state index is 0.137. The SMILES string of the molecule is Cc1cccc2c(C(=O)O)ccc(=O)n12. The molecule has 0 saturated heterocycles. The molecule has 76 valence electrons. The van der Waals surface area contributed by atoms with E-state index < -0.39 is 5.97 Å². The van der Waals surface area contributed by atoms with E-state index in [0.717, 1.165) is 5.69 Å². The van der Waals surface area contributed by atoms with Crippen LogP contribution in [0.25, 0.3) is 5.52 Å². The number of aromatic nitrogens is 1. The first kappa shape index (κ1) is 9.45. The molecule has 2 rings (SSSR count).